The van der Waals surface area contributed by atoms with Crippen LogP contribution in [0.2, 0.25) is 0 Å². The molecule has 0 spiro atoms. The van der Waals surface area contributed by atoms with Crippen LogP contribution in [0.15, 0.2) is 29.3 Å². The van der Waals surface area contributed by atoms with E-state index in [1.165, 1.54) is 4.70 Å². The second-order valence-corrected chi connectivity index (χ2v) is 7.28. The van der Waals surface area contributed by atoms with E-state index in [-0.39, 0.29) is 0 Å². The van der Waals surface area contributed by atoms with E-state index >= 15 is 0 Å². The molecule has 1 aromatic carbocycles. The molecule has 1 aromatic heterocycles. The van der Waals surface area contributed by atoms with Crippen molar-refractivity contribution in [2.24, 2.45) is 4.99 Å². The summed E-state index contributed by atoms with van der Waals surface area (Å²) in [7, 11) is 3.86. The fourth-order valence-electron chi connectivity index (χ4n) is 2.56. The summed E-state index contributed by atoms with van der Waals surface area (Å²) in [5, 5.41) is 11.0. The van der Waals surface area contributed by atoms with Gasteiger partial charge in [0.15, 0.2) is 11.1 Å². The first-order chi connectivity index (χ1) is 13.2. The van der Waals surface area contributed by atoms with E-state index in [4.69, 9.17) is 4.74 Å². The summed E-state index contributed by atoms with van der Waals surface area (Å²) >= 11 is 1.68. The number of nitrogens with zero attached hydrogens (tertiary/aromatic N) is 3. The van der Waals surface area contributed by atoms with E-state index in [1.54, 1.807) is 18.4 Å². The van der Waals surface area contributed by atoms with Gasteiger partial charge in [0, 0.05) is 46.4 Å². The Morgan fingerprint density at radius 1 is 1.22 bits per heavy atom. The van der Waals surface area contributed by atoms with Crippen LogP contribution in [0.4, 0.5) is 5.13 Å². The van der Waals surface area contributed by atoms with Crippen LogP contribution in [-0.4, -0.2) is 75.9 Å². The number of aliphatic imine (C=N–C) groups is 1. The number of hydrogen-bond donors (Lipinski definition) is 3. The highest BCUT2D eigenvalue weighted by Gasteiger charge is 2.03. The number of likely N-dealkylation sites (N-methyl/N-ethyl adjacent to an activating group) is 1. The molecule has 0 amide bonds. The predicted octanol–water partition coefficient (Wildman–Crippen LogP) is 2.23. The Morgan fingerprint density at radius 3 is 2.85 bits per heavy atom. The molecule has 8 heteroatoms. The molecule has 0 unspecified atom stereocenters. The second-order valence-electron chi connectivity index (χ2n) is 6.25. The molecule has 2 aromatic rings. The smallest absolute Gasteiger partial charge is 0.191 e. The molecule has 2 rings (SSSR count). The first kappa shape index (κ1) is 21.4. The van der Waals surface area contributed by atoms with Crippen molar-refractivity contribution in [1.82, 2.24) is 20.5 Å². The van der Waals surface area contributed by atoms with Crippen LogP contribution in [-0.2, 0) is 4.74 Å². The SMILES string of the molecule is CCNC(=NCCN(C)CCCOC)NCCNc1nc2ccccc2s1. The van der Waals surface area contributed by atoms with Gasteiger partial charge < -0.3 is 25.6 Å². The molecule has 27 heavy (non-hydrogen) atoms. The first-order valence-corrected chi connectivity index (χ1v) is 10.3. The molecule has 1 heterocycles. The van der Waals surface area contributed by atoms with Crippen molar-refractivity contribution in [3.05, 3.63) is 24.3 Å². The van der Waals surface area contributed by atoms with E-state index in [9.17, 15) is 0 Å². The Bertz CT molecular complexity index is 657. The lowest BCUT2D eigenvalue weighted by molar-refractivity contribution is 0.180. The van der Waals surface area contributed by atoms with E-state index in [0.717, 1.165) is 68.9 Å². The second kappa shape index (κ2) is 12.5. The largest absolute Gasteiger partial charge is 0.385 e. The summed E-state index contributed by atoms with van der Waals surface area (Å²) in [6.07, 6.45) is 1.05. The maximum atomic E-state index is 5.09. The van der Waals surface area contributed by atoms with Crippen molar-refractivity contribution in [3.8, 4) is 0 Å². The predicted molar refractivity (Wildman–Crippen MR) is 116 cm³/mol. The Balaban J connectivity index is 1.68. The molecule has 0 bridgehead atoms. The number of benzene rings is 1. The van der Waals surface area contributed by atoms with Crippen LogP contribution < -0.4 is 16.0 Å². The molecule has 0 aliphatic rings. The van der Waals surface area contributed by atoms with Gasteiger partial charge in [-0.25, -0.2) is 4.98 Å². The van der Waals surface area contributed by atoms with Crippen molar-refractivity contribution in [1.29, 1.82) is 0 Å². The van der Waals surface area contributed by atoms with Crippen LogP contribution in [0.1, 0.15) is 13.3 Å². The fourth-order valence-corrected chi connectivity index (χ4v) is 3.45. The van der Waals surface area contributed by atoms with Gasteiger partial charge in [0.1, 0.15) is 0 Å². The lowest BCUT2D eigenvalue weighted by Crippen LogP contribution is -2.40. The number of thiazole rings is 1. The Hall–Kier alpha value is -1.90. The summed E-state index contributed by atoms with van der Waals surface area (Å²) in [5.41, 5.74) is 1.04. The van der Waals surface area contributed by atoms with Crippen LogP contribution in [0.5, 0.6) is 0 Å². The summed E-state index contributed by atoms with van der Waals surface area (Å²) in [5.74, 6) is 0.855. The molecule has 0 fully saturated rings. The number of ether oxygens (including phenoxy) is 1. The third-order valence-electron chi connectivity index (χ3n) is 3.97. The molecule has 150 valence electrons. The molecule has 0 aliphatic carbocycles. The number of guanidine groups is 1. The average molecular weight is 393 g/mol. The third-order valence-corrected chi connectivity index (χ3v) is 4.97. The zero-order valence-corrected chi connectivity index (χ0v) is 17.4. The van der Waals surface area contributed by atoms with Gasteiger partial charge in [-0.2, -0.15) is 0 Å². The fraction of sp³-hybridized carbons (Fsp3) is 0.579. The molecule has 0 saturated carbocycles. The number of methoxy groups -OCH3 is 1. The van der Waals surface area contributed by atoms with Crippen LogP contribution in [0.25, 0.3) is 10.2 Å². The summed E-state index contributed by atoms with van der Waals surface area (Å²) in [6.45, 7) is 8.04. The topological polar surface area (TPSA) is 73.8 Å². The lowest BCUT2D eigenvalue weighted by atomic mass is 10.3. The van der Waals surface area contributed by atoms with Crippen molar-refractivity contribution in [2.45, 2.75) is 13.3 Å². The van der Waals surface area contributed by atoms with Gasteiger partial charge in [-0.1, -0.05) is 23.5 Å². The van der Waals surface area contributed by atoms with Crippen LogP contribution >= 0.6 is 11.3 Å². The number of rotatable bonds is 12. The van der Waals surface area contributed by atoms with Gasteiger partial charge >= 0.3 is 0 Å². The molecule has 7 nitrogen and oxygen atoms in total. The van der Waals surface area contributed by atoms with Crippen molar-refractivity contribution in [2.75, 3.05) is 65.3 Å². The molecular formula is C19H32N6OS. The quantitative estimate of drug-likeness (QED) is 0.292. The van der Waals surface area contributed by atoms with Gasteiger partial charge in [0.25, 0.3) is 0 Å². The van der Waals surface area contributed by atoms with Gasteiger partial charge in [-0.3, -0.25) is 4.99 Å². The van der Waals surface area contributed by atoms with Crippen molar-refractivity contribution >= 4 is 32.6 Å². The normalized spacial score (nSPS) is 11.9. The molecule has 0 aliphatic heterocycles. The number of nitrogens with one attached hydrogen (secondary N) is 3. The van der Waals surface area contributed by atoms with Gasteiger partial charge in [0.2, 0.25) is 0 Å². The van der Waals surface area contributed by atoms with Crippen molar-refractivity contribution in [3.63, 3.8) is 0 Å². The van der Waals surface area contributed by atoms with Crippen LogP contribution in [0.3, 0.4) is 0 Å². The van der Waals surface area contributed by atoms with Gasteiger partial charge in [-0.15, -0.1) is 0 Å². The number of para-hydroxylation sites is 1. The zero-order valence-electron chi connectivity index (χ0n) is 16.6. The maximum Gasteiger partial charge on any atom is 0.191 e. The average Bonchev–Trinajstić information content (AvgIpc) is 3.08. The minimum absolute atomic E-state index is 0.768. The van der Waals surface area contributed by atoms with E-state index < -0.39 is 0 Å². The number of fused-ring (bicyclic) bond motifs is 1. The summed E-state index contributed by atoms with van der Waals surface area (Å²) in [6, 6.07) is 8.19. The minimum Gasteiger partial charge on any atom is -0.385 e. The first-order valence-electron chi connectivity index (χ1n) is 9.52. The van der Waals surface area contributed by atoms with Gasteiger partial charge in [-0.05, 0) is 32.5 Å². The van der Waals surface area contributed by atoms with Crippen molar-refractivity contribution < 1.29 is 4.74 Å². The highest BCUT2D eigenvalue weighted by atomic mass is 32.1. The summed E-state index contributed by atoms with van der Waals surface area (Å²) in [4.78, 5) is 11.5. The Kier molecular flexibility index (Phi) is 9.89. The van der Waals surface area contributed by atoms with E-state index in [1.807, 2.05) is 18.2 Å². The Morgan fingerprint density at radius 2 is 2.07 bits per heavy atom. The number of hydrogen-bond acceptors (Lipinski definition) is 6. The molecule has 0 radical (unpaired) electrons. The standard InChI is InChI=1S/C19H32N6OS/c1-4-20-18(22-12-14-25(2)13-7-15-26-3)21-10-11-23-19-24-16-8-5-6-9-17(16)27-19/h5-6,8-9H,4,7,10-15H2,1-3H3,(H,23,24)(H2,20,21,22). The highest BCUT2D eigenvalue weighted by Crippen LogP contribution is 2.24. The van der Waals surface area contributed by atoms with E-state index in [2.05, 4.69) is 50.9 Å². The maximum absolute atomic E-state index is 5.09. The summed E-state index contributed by atoms with van der Waals surface area (Å²) < 4.78 is 6.29. The molecule has 0 saturated heterocycles. The lowest BCUT2D eigenvalue weighted by Gasteiger charge is -2.16. The third kappa shape index (κ3) is 8.11. The number of aromatic nitrogens is 1. The molecule has 0 atom stereocenters. The highest BCUT2D eigenvalue weighted by molar-refractivity contribution is 7.22. The molecular weight excluding hydrogens is 360 g/mol. The zero-order chi connectivity index (χ0) is 19.3. The van der Waals surface area contributed by atoms with Gasteiger partial charge in [0.05, 0.1) is 16.8 Å². The minimum atomic E-state index is 0.768. The molecule has 3 N–H and O–H groups in total. The monoisotopic (exact) mass is 392 g/mol. The van der Waals surface area contributed by atoms with Crippen LogP contribution in [0, 0.1) is 0 Å². The Labute approximate surface area is 166 Å². The number of anilines is 1. The van der Waals surface area contributed by atoms with E-state index in [0.29, 0.717) is 0 Å².